The number of urea groups is 1. The summed E-state index contributed by atoms with van der Waals surface area (Å²) >= 11 is 6.78. The number of pyridine rings is 1. The van der Waals surface area contributed by atoms with Crippen molar-refractivity contribution in [2.45, 2.75) is 102 Å². The smallest absolute Gasteiger partial charge is 0.326 e. The summed E-state index contributed by atoms with van der Waals surface area (Å²) in [6.45, 7) is 2.89. The first kappa shape index (κ1) is 35.2. The normalized spacial score (nSPS) is 15.4. The second-order valence-corrected chi connectivity index (χ2v) is 13.3. The third kappa shape index (κ3) is 9.70. The predicted octanol–water partition coefficient (Wildman–Crippen LogP) is 7.03. The second kappa shape index (κ2) is 16.3. The van der Waals surface area contributed by atoms with Gasteiger partial charge in [-0.05, 0) is 105 Å². The Morgan fingerprint density at radius 2 is 1.90 bits per heavy atom. The number of carbonyl (C=O) groups is 2. The van der Waals surface area contributed by atoms with Crippen molar-refractivity contribution in [3.05, 3.63) is 82.1 Å². The number of ether oxygens (including phenoxy) is 2. The van der Waals surface area contributed by atoms with Crippen LogP contribution in [0.5, 0.6) is 5.75 Å². The van der Waals surface area contributed by atoms with Crippen LogP contribution in [0.2, 0.25) is 5.02 Å². The molecule has 2 aliphatic rings. The Kier molecular flexibility index (Phi) is 11.9. The largest absolute Gasteiger partial charge is 0.490 e. The number of carboxylic acid groups (broad SMARTS) is 1. The molecule has 10 nitrogen and oxygen atoms in total. The van der Waals surface area contributed by atoms with Gasteiger partial charge in [-0.15, -0.1) is 0 Å². The molecule has 1 atom stereocenters. The minimum Gasteiger partial charge on any atom is -0.490 e. The molecule has 256 valence electrons. The number of aliphatic carboxylic acids is 1. The number of hydrogen-bond donors (Lipinski definition) is 5. The van der Waals surface area contributed by atoms with E-state index in [1.807, 2.05) is 36.7 Å². The van der Waals surface area contributed by atoms with Gasteiger partial charge in [0.2, 0.25) is 0 Å². The number of aryl methyl sites for hydroxylation is 2. The van der Waals surface area contributed by atoms with Crippen molar-refractivity contribution in [3.8, 4) is 16.9 Å². The van der Waals surface area contributed by atoms with E-state index < -0.39 is 23.6 Å². The summed E-state index contributed by atoms with van der Waals surface area (Å²) in [5.41, 5.74) is 11.4. The minimum atomic E-state index is -1.08. The van der Waals surface area contributed by atoms with Crippen molar-refractivity contribution in [1.29, 1.82) is 5.41 Å². The number of hydrogen-bond acceptors (Lipinski definition) is 6. The number of para-hydroxylation sites is 1. The van der Waals surface area contributed by atoms with E-state index in [9.17, 15) is 14.7 Å². The summed E-state index contributed by atoms with van der Waals surface area (Å²) < 4.78 is 12.9. The molecule has 0 aliphatic heterocycles. The molecule has 2 saturated carbocycles. The van der Waals surface area contributed by atoms with E-state index in [0.29, 0.717) is 43.5 Å². The van der Waals surface area contributed by atoms with Gasteiger partial charge < -0.3 is 30.9 Å². The Balaban J connectivity index is 1.10. The molecule has 2 amide bonds. The Bertz CT molecular complexity index is 1610. The summed E-state index contributed by atoms with van der Waals surface area (Å²) in [5.74, 6) is -0.107. The summed E-state index contributed by atoms with van der Waals surface area (Å²) in [4.78, 5) is 28.2. The number of aromatic nitrogens is 1. The highest BCUT2D eigenvalue weighted by atomic mass is 35.5. The lowest BCUT2D eigenvalue weighted by atomic mass is 9.96. The van der Waals surface area contributed by atoms with Crippen LogP contribution in [0.4, 0.5) is 4.79 Å². The average Bonchev–Trinajstić information content (AvgIpc) is 4.01. The Morgan fingerprint density at radius 3 is 2.62 bits per heavy atom. The molecular weight excluding hydrogens is 630 g/mol. The van der Waals surface area contributed by atoms with E-state index in [2.05, 4.69) is 40.7 Å². The zero-order valence-corrected chi connectivity index (χ0v) is 28.3. The number of amides is 2. The molecule has 0 spiro atoms. The summed E-state index contributed by atoms with van der Waals surface area (Å²) in [6.07, 6.45) is 12.3. The highest BCUT2D eigenvalue weighted by Crippen LogP contribution is 2.53. The Labute approximate surface area is 287 Å². The molecule has 1 aromatic heterocycles. The fourth-order valence-corrected chi connectivity index (χ4v) is 6.15. The van der Waals surface area contributed by atoms with Crippen molar-refractivity contribution in [3.63, 3.8) is 0 Å². The Hall–Kier alpha value is -4.15. The summed E-state index contributed by atoms with van der Waals surface area (Å²) in [5, 5.41) is 22.6. The lowest BCUT2D eigenvalue weighted by Crippen LogP contribution is -2.46. The summed E-state index contributed by atoms with van der Waals surface area (Å²) in [7, 11) is 0. The van der Waals surface area contributed by atoms with Crippen LogP contribution in [0, 0.1) is 12.3 Å². The molecule has 2 fully saturated rings. The van der Waals surface area contributed by atoms with Gasteiger partial charge in [0.05, 0.1) is 24.1 Å². The SMILES string of the molecule is Cc1cc(COC2(c3cnccc3-c3ccccc3OC3CC3)CC2)c(Cl)cc1CCCCNC(=O)N[C@@H](CCCCC(=N)N)C(=O)O. The van der Waals surface area contributed by atoms with Crippen LogP contribution in [0.3, 0.4) is 0 Å². The summed E-state index contributed by atoms with van der Waals surface area (Å²) in [6, 6.07) is 12.9. The standard InChI is InChI=1S/C37H46ClN5O5/c1-24-20-26(31(38)21-25(24)8-6-7-18-42-36(46)43-32(35(44)45)10-3-5-12-34(39)40)23-47-37(16-17-37)30-22-41-19-15-28(30)29-9-2-4-11-33(29)48-27-13-14-27/h2,4,9,11,15,19-22,27,32H,3,5-8,10,12-14,16-18,23H2,1H3,(H3,39,40)(H,44,45)(H2,42,43,46)/t32-/m0/s1. The fourth-order valence-electron chi connectivity index (χ4n) is 5.91. The molecule has 0 bridgehead atoms. The molecule has 48 heavy (non-hydrogen) atoms. The number of carboxylic acids is 1. The fraction of sp³-hybridized carbons (Fsp3) is 0.459. The molecular formula is C37H46ClN5O5. The first-order valence-corrected chi connectivity index (χ1v) is 17.3. The van der Waals surface area contributed by atoms with Gasteiger partial charge in [0, 0.05) is 41.5 Å². The number of amidine groups is 1. The quantitative estimate of drug-likeness (QED) is 0.0518. The molecule has 0 unspecified atom stereocenters. The minimum absolute atomic E-state index is 0.0737. The lowest BCUT2D eigenvalue weighted by Gasteiger charge is -2.22. The molecule has 3 aromatic rings. The van der Waals surface area contributed by atoms with Gasteiger partial charge in [-0.2, -0.15) is 0 Å². The number of halogens is 1. The third-order valence-corrected chi connectivity index (χ3v) is 9.32. The van der Waals surface area contributed by atoms with E-state index in [4.69, 9.17) is 32.2 Å². The van der Waals surface area contributed by atoms with E-state index >= 15 is 0 Å². The third-order valence-electron chi connectivity index (χ3n) is 8.97. The van der Waals surface area contributed by atoms with E-state index in [1.165, 1.54) is 0 Å². The van der Waals surface area contributed by atoms with Crippen LogP contribution in [0.25, 0.3) is 11.1 Å². The number of benzene rings is 2. The highest BCUT2D eigenvalue weighted by molar-refractivity contribution is 6.31. The number of nitrogens with two attached hydrogens (primary N) is 1. The molecule has 2 aromatic carbocycles. The number of carbonyl (C=O) groups excluding carboxylic acids is 1. The zero-order chi connectivity index (χ0) is 34.1. The maximum Gasteiger partial charge on any atom is 0.326 e. The van der Waals surface area contributed by atoms with Crippen LogP contribution < -0.4 is 21.1 Å². The van der Waals surface area contributed by atoms with Gasteiger partial charge in [-0.1, -0.05) is 42.3 Å². The first-order chi connectivity index (χ1) is 23.1. The molecule has 1 heterocycles. The molecule has 2 aliphatic carbocycles. The monoisotopic (exact) mass is 675 g/mol. The van der Waals surface area contributed by atoms with E-state index in [1.54, 1.807) is 0 Å². The highest BCUT2D eigenvalue weighted by Gasteiger charge is 2.47. The lowest BCUT2D eigenvalue weighted by molar-refractivity contribution is -0.139. The number of nitrogens with zero attached hydrogens (tertiary/aromatic N) is 1. The topological polar surface area (TPSA) is 160 Å². The van der Waals surface area contributed by atoms with Gasteiger partial charge in [0.25, 0.3) is 0 Å². The van der Waals surface area contributed by atoms with Crippen molar-refractivity contribution < 1.29 is 24.2 Å². The van der Waals surface area contributed by atoms with Crippen molar-refractivity contribution >= 4 is 29.4 Å². The maximum atomic E-state index is 12.3. The van der Waals surface area contributed by atoms with Gasteiger partial charge in [0.15, 0.2) is 0 Å². The van der Waals surface area contributed by atoms with Gasteiger partial charge >= 0.3 is 12.0 Å². The van der Waals surface area contributed by atoms with Gasteiger partial charge in [0.1, 0.15) is 11.8 Å². The number of unbranched alkanes of at least 4 members (excludes halogenated alkanes) is 2. The predicted molar refractivity (Wildman–Crippen MR) is 186 cm³/mol. The molecule has 0 saturated heterocycles. The zero-order valence-electron chi connectivity index (χ0n) is 27.5. The van der Waals surface area contributed by atoms with E-state index in [0.717, 1.165) is 84.1 Å². The first-order valence-electron chi connectivity index (χ1n) is 16.9. The molecule has 6 N–H and O–H groups in total. The van der Waals surface area contributed by atoms with Gasteiger partial charge in [-0.3, -0.25) is 10.4 Å². The Morgan fingerprint density at radius 1 is 1.10 bits per heavy atom. The average molecular weight is 676 g/mol. The number of nitrogens with one attached hydrogen (secondary N) is 3. The second-order valence-electron chi connectivity index (χ2n) is 12.9. The van der Waals surface area contributed by atoms with Crippen molar-refractivity contribution in [2.75, 3.05) is 6.54 Å². The van der Waals surface area contributed by atoms with Gasteiger partial charge in [-0.25, -0.2) is 9.59 Å². The van der Waals surface area contributed by atoms with Crippen LogP contribution in [-0.4, -0.2) is 46.6 Å². The maximum absolute atomic E-state index is 12.3. The number of rotatable bonds is 19. The van der Waals surface area contributed by atoms with Crippen LogP contribution >= 0.6 is 11.6 Å². The molecule has 0 radical (unpaired) electrons. The van der Waals surface area contributed by atoms with Crippen LogP contribution in [-0.2, 0) is 28.2 Å². The van der Waals surface area contributed by atoms with Crippen molar-refractivity contribution in [2.24, 2.45) is 5.73 Å². The molecule has 5 rings (SSSR count). The van der Waals surface area contributed by atoms with E-state index in [-0.39, 0.29) is 12.3 Å². The van der Waals surface area contributed by atoms with Crippen LogP contribution in [0.15, 0.2) is 54.9 Å². The van der Waals surface area contributed by atoms with Crippen LogP contribution in [0.1, 0.15) is 86.5 Å². The molecule has 11 heteroatoms. The van der Waals surface area contributed by atoms with Crippen molar-refractivity contribution in [1.82, 2.24) is 15.6 Å².